The molecule has 1 aliphatic carbocycles. The molecule has 1 heterocycles. The largest absolute Gasteiger partial charge is 0.495 e. The van der Waals surface area contributed by atoms with Crippen LogP contribution in [-0.4, -0.2) is 18.9 Å². The quantitative estimate of drug-likeness (QED) is 0.862. The molecule has 6 heteroatoms. The molecule has 126 valence electrons. The van der Waals surface area contributed by atoms with E-state index in [2.05, 4.69) is 10.6 Å². The summed E-state index contributed by atoms with van der Waals surface area (Å²) in [5.74, 6) is 0.600. The molecule has 0 spiro atoms. The third kappa shape index (κ3) is 3.59. The monoisotopic (exact) mass is 344 g/mol. The Morgan fingerprint density at radius 1 is 1.17 bits per heavy atom. The van der Waals surface area contributed by atoms with E-state index in [0.29, 0.717) is 21.3 Å². The average molecular weight is 344 g/mol. The fourth-order valence-electron chi connectivity index (χ4n) is 2.44. The molecule has 1 saturated carbocycles. The summed E-state index contributed by atoms with van der Waals surface area (Å²) in [6, 6.07) is 7.46. The number of methoxy groups -OCH3 is 1. The number of ether oxygens (including phenoxy) is 1. The SMILES string of the molecule is COc1ccc(C)cc1NC(=O)c1sc(NC(=O)C2CC2)cc1C. The maximum atomic E-state index is 12.6. The predicted molar refractivity (Wildman–Crippen MR) is 96.1 cm³/mol. The van der Waals surface area contributed by atoms with Crippen molar-refractivity contribution in [1.29, 1.82) is 0 Å². The van der Waals surface area contributed by atoms with Crippen molar-refractivity contribution < 1.29 is 14.3 Å². The van der Waals surface area contributed by atoms with Crippen molar-refractivity contribution in [3.05, 3.63) is 40.3 Å². The van der Waals surface area contributed by atoms with E-state index >= 15 is 0 Å². The number of rotatable bonds is 5. The number of nitrogens with one attached hydrogen (secondary N) is 2. The maximum Gasteiger partial charge on any atom is 0.266 e. The lowest BCUT2D eigenvalue weighted by Gasteiger charge is -2.10. The highest BCUT2D eigenvalue weighted by molar-refractivity contribution is 7.18. The van der Waals surface area contributed by atoms with Crippen LogP contribution in [0, 0.1) is 19.8 Å². The summed E-state index contributed by atoms with van der Waals surface area (Å²) in [5.41, 5.74) is 2.51. The van der Waals surface area contributed by atoms with Gasteiger partial charge in [0, 0.05) is 5.92 Å². The van der Waals surface area contributed by atoms with E-state index in [9.17, 15) is 9.59 Å². The molecule has 1 aromatic heterocycles. The molecule has 1 aliphatic rings. The Balaban J connectivity index is 1.76. The first kappa shape index (κ1) is 16.5. The van der Waals surface area contributed by atoms with E-state index in [1.165, 1.54) is 11.3 Å². The van der Waals surface area contributed by atoms with Crippen LogP contribution in [0.2, 0.25) is 0 Å². The van der Waals surface area contributed by atoms with Crippen LogP contribution < -0.4 is 15.4 Å². The van der Waals surface area contributed by atoms with Crippen LogP contribution in [0.4, 0.5) is 10.7 Å². The molecule has 2 N–H and O–H groups in total. The minimum absolute atomic E-state index is 0.0450. The van der Waals surface area contributed by atoms with Gasteiger partial charge in [0.15, 0.2) is 0 Å². The second-order valence-corrected chi connectivity index (χ2v) is 7.10. The van der Waals surface area contributed by atoms with Crippen molar-refractivity contribution in [3.8, 4) is 5.75 Å². The molecular weight excluding hydrogens is 324 g/mol. The van der Waals surface area contributed by atoms with Gasteiger partial charge in [-0.25, -0.2) is 0 Å². The van der Waals surface area contributed by atoms with Gasteiger partial charge in [-0.15, -0.1) is 11.3 Å². The fraction of sp³-hybridized carbons (Fsp3) is 0.333. The highest BCUT2D eigenvalue weighted by atomic mass is 32.1. The summed E-state index contributed by atoms with van der Waals surface area (Å²) >= 11 is 1.29. The summed E-state index contributed by atoms with van der Waals surface area (Å²) < 4.78 is 5.29. The predicted octanol–water partition coefficient (Wildman–Crippen LogP) is 3.97. The van der Waals surface area contributed by atoms with Crippen LogP contribution in [0.15, 0.2) is 24.3 Å². The topological polar surface area (TPSA) is 67.4 Å². The summed E-state index contributed by atoms with van der Waals surface area (Å²) in [5, 5.41) is 6.50. The van der Waals surface area contributed by atoms with Gasteiger partial charge in [0.1, 0.15) is 5.75 Å². The highest BCUT2D eigenvalue weighted by Gasteiger charge is 2.30. The third-order valence-corrected chi connectivity index (χ3v) is 5.07. The Bertz CT molecular complexity index is 794. The van der Waals surface area contributed by atoms with Crippen molar-refractivity contribution in [2.24, 2.45) is 5.92 Å². The number of carbonyl (C=O) groups excluding carboxylic acids is 2. The Hall–Kier alpha value is -2.34. The lowest BCUT2D eigenvalue weighted by molar-refractivity contribution is -0.117. The first-order chi connectivity index (χ1) is 11.5. The van der Waals surface area contributed by atoms with Crippen LogP contribution in [0.25, 0.3) is 0 Å². The molecule has 0 unspecified atom stereocenters. The van der Waals surface area contributed by atoms with Crippen LogP contribution in [0.3, 0.4) is 0 Å². The molecular formula is C18H20N2O3S. The van der Waals surface area contributed by atoms with Gasteiger partial charge in [0.2, 0.25) is 5.91 Å². The van der Waals surface area contributed by atoms with E-state index in [4.69, 9.17) is 4.74 Å². The van der Waals surface area contributed by atoms with Crippen molar-refractivity contribution in [2.75, 3.05) is 17.7 Å². The molecule has 2 amide bonds. The van der Waals surface area contributed by atoms with Gasteiger partial charge >= 0.3 is 0 Å². The summed E-state index contributed by atoms with van der Waals surface area (Å²) in [4.78, 5) is 25.0. The molecule has 5 nitrogen and oxygen atoms in total. The number of hydrogen-bond acceptors (Lipinski definition) is 4. The second-order valence-electron chi connectivity index (χ2n) is 6.04. The first-order valence-corrected chi connectivity index (χ1v) is 8.67. The molecule has 0 radical (unpaired) electrons. The molecule has 24 heavy (non-hydrogen) atoms. The van der Waals surface area contributed by atoms with E-state index in [-0.39, 0.29) is 17.7 Å². The highest BCUT2D eigenvalue weighted by Crippen LogP contribution is 2.33. The Morgan fingerprint density at radius 3 is 2.58 bits per heavy atom. The minimum Gasteiger partial charge on any atom is -0.495 e. The number of hydrogen-bond donors (Lipinski definition) is 2. The van der Waals surface area contributed by atoms with Crippen molar-refractivity contribution in [1.82, 2.24) is 0 Å². The summed E-state index contributed by atoms with van der Waals surface area (Å²) in [6.45, 7) is 3.82. The molecule has 1 fully saturated rings. The molecule has 3 rings (SSSR count). The summed E-state index contributed by atoms with van der Waals surface area (Å²) in [6.07, 6.45) is 1.91. The van der Waals surface area contributed by atoms with Crippen LogP contribution in [0.1, 0.15) is 33.6 Å². The molecule has 2 aromatic rings. The maximum absolute atomic E-state index is 12.6. The number of aryl methyl sites for hydroxylation is 2. The van der Waals surface area contributed by atoms with Crippen LogP contribution in [-0.2, 0) is 4.79 Å². The normalized spacial score (nSPS) is 13.5. The molecule has 0 saturated heterocycles. The average Bonchev–Trinajstić information content (AvgIpc) is 3.32. The van der Waals surface area contributed by atoms with Gasteiger partial charge in [0.05, 0.1) is 22.7 Å². The third-order valence-electron chi connectivity index (χ3n) is 3.92. The number of benzene rings is 1. The van der Waals surface area contributed by atoms with E-state index in [0.717, 1.165) is 24.0 Å². The zero-order valence-corrected chi connectivity index (χ0v) is 14.8. The number of thiophene rings is 1. The molecule has 0 atom stereocenters. The van der Waals surface area contributed by atoms with Crippen LogP contribution >= 0.6 is 11.3 Å². The lowest BCUT2D eigenvalue weighted by Crippen LogP contribution is -2.12. The fourth-order valence-corrected chi connectivity index (χ4v) is 3.41. The zero-order valence-electron chi connectivity index (χ0n) is 13.9. The smallest absolute Gasteiger partial charge is 0.266 e. The van der Waals surface area contributed by atoms with Gasteiger partial charge in [-0.1, -0.05) is 6.07 Å². The zero-order chi connectivity index (χ0) is 17.3. The Labute approximate surface area is 145 Å². The molecule has 0 bridgehead atoms. The van der Waals surface area contributed by atoms with Crippen molar-refractivity contribution in [3.63, 3.8) is 0 Å². The van der Waals surface area contributed by atoms with Crippen LogP contribution in [0.5, 0.6) is 5.75 Å². The Kier molecular flexibility index (Phi) is 4.57. The van der Waals surface area contributed by atoms with Crippen molar-refractivity contribution in [2.45, 2.75) is 26.7 Å². The van der Waals surface area contributed by atoms with Crippen molar-refractivity contribution >= 4 is 33.8 Å². The molecule has 0 aliphatic heterocycles. The Morgan fingerprint density at radius 2 is 1.92 bits per heavy atom. The second kappa shape index (κ2) is 6.65. The summed E-state index contributed by atoms with van der Waals surface area (Å²) in [7, 11) is 1.57. The van der Waals surface area contributed by atoms with Gasteiger partial charge in [-0.3, -0.25) is 9.59 Å². The number of carbonyl (C=O) groups is 2. The minimum atomic E-state index is -0.201. The molecule has 1 aromatic carbocycles. The lowest BCUT2D eigenvalue weighted by atomic mass is 10.2. The number of amides is 2. The van der Waals surface area contributed by atoms with Gasteiger partial charge in [-0.05, 0) is 56.0 Å². The van der Waals surface area contributed by atoms with Gasteiger partial charge in [-0.2, -0.15) is 0 Å². The van der Waals surface area contributed by atoms with E-state index in [1.807, 2.05) is 38.1 Å². The van der Waals surface area contributed by atoms with E-state index in [1.54, 1.807) is 7.11 Å². The first-order valence-electron chi connectivity index (χ1n) is 7.85. The van der Waals surface area contributed by atoms with E-state index < -0.39 is 0 Å². The van der Waals surface area contributed by atoms with Gasteiger partial charge < -0.3 is 15.4 Å². The number of anilines is 2. The standard InChI is InChI=1S/C18H20N2O3S/c1-10-4-7-14(23-3)13(8-10)19-18(22)16-11(2)9-15(24-16)20-17(21)12-5-6-12/h4,7-9,12H,5-6H2,1-3H3,(H,19,22)(H,20,21). The van der Waals surface area contributed by atoms with Gasteiger partial charge in [0.25, 0.3) is 5.91 Å².